The van der Waals surface area contributed by atoms with Gasteiger partial charge in [0.2, 0.25) is 0 Å². The first-order valence-corrected chi connectivity index (χ1v) is 8.17. The Balaban J connectivity index is 0.00000264. The Morgan fingerprint density at radius 1 is 1.26 bits per heavy atom. The van der Waals surface area contributed by atoms with Crippen molar-refractivity contribution >= 4 is 29.9 Å². The summed E-state index contributed by atoms with van der Waals surface area (Å²) in [7, 11) is 2.06. The minimum Gasteiger partial charge on any atom is -0.492 e. The van der Waals surface area contributed by atoms with E-state index in [4.69, 9.17) is 4.74 Å². The van der Waals surface area contributed by atoms with Crippen LogP contribution in [0.4, 0.5) is 0 Å². The molecule has 0 bridgehead atoms. The van der Waals surface area contributed by atoms with E-state index in [1.807, 2.05) is 12.1 Å². The minimum atomic E-state index is 0. The minimum absolute atomic E-state index is 0. The second kappa shape index (κ2) is 10.7. The van der Waals surface area contributed by atoms with Crippen molar-refractivity contribution in [1.82, 2.24) is 15.1 Å². The Morgan fingerprint density at radius 3 is 2.65 bits per heavy atom. The standard InChI is InChI=1S/C17H28N4O.HI/c1-4-21(5-2)12-13-22-16-9-7-6-8-15(16)14-19-17-18-10-11-20(17)3;/h6-9H,4-5,10-14H2,1-3H3,(H,18,19);1H. The number of benzene rings is 1. The van der Waals surface area contributed by atoms with Gasteiger partial charge in [-0.05, 0) is 19.2 Å². The zero-order chi connectivity index (χ0) is 15.8. The smallest absolute Gasteiger partial charge is 0.194 e. The first-order chi connectivity index (χ1) is 10.7. The van der Waals surface area contributed by atoms with Gasteiger partial charge in [0.05, 0.1) is 6.54 Å². The van der Waals surface area contributed by atoms with Crippen LogP contribution in [0.2, 0.25) is 0 Å². The maximum atomic E-state index is 5.98. The zero-order valence-electron chi connectivity index (χ0n) is 14.4. The summed E-state index contributed by atoms with van der Waals surface area (Å²) in [6.07, 6.45) is 0. The summed E-state index contributed by atoms with van der Waals surface area (Å²) in [5.41, 5.74) is 1.17. The van der Waals surface area contributed by atoms with E-state index in [0.29, 0.717) is 0 Å². The second-order valence-corrected chi connectivity index (χ2v) is 5.46. The summed E-state index contributed by atoms with van der Waals surface area (Å²) in [4.78, 5) is 8.96. The maximum absolute atomic E-state index is 5.98. The number of hydrogen-bond donors (Lipinski definition) is 1. The molecule has 1 heterocycles. The van der Waals surface area contributed by atoms with Crippen LogP contribution < -0.4 is 10.1 Å². The zero-order valence-corrected chi connectivity index (χ0v) is 16.7. The van der Waals surface area contributed by atoms with Crippen LogP contribution in [-0.4, -0.2) is 62.1 Å². The molecule has 6 heteroatoms. The highest BCUT2D eigenvalue weighted by atomic mass is 127. The molecule has 0 spiro atoms. The summed E-state index contributed by atoms with van der Waals surface area (Å²) in [6.45, 7) is 10.8. The number of guanidine groups is 1. The van der Waals surface area contributed by atoms with E-state index >= 15 is 0 Å². The molecular formula is C17H29IN4O. The van der Waals surface area contributed by atoms with Crippen LogP contribution in [0, 0.1) is 0 Å². The van der Waals surface area contributed by atoms with E-state index in [0.717, 1.165) is 57.6 Å². The molecule has 0 saturated carbocycles. The summed E-state index contributed by atoms with van der Waals surface area (Å²) < 4.78 is 5.98. The highest BCUT2D eigenvalue weighted by Gasteiger charge is 2.12. The first kappa shape index (κ1) is 20.0. The van der Waals surface area contributed by atoms with Crippen molar-refractivity contribution in [2.24, 2.45) is 4.99 Å². The van der Waals surface area contributed by atoms with Gasteiger partial charge in [-0.25, -0.2) is 0 Å². The normalized spacial score (nSPS) is 13.7. The molecular weight excluding hydrogens is 403 g/mol. The average molecular weight is 432 g/mol. The van der Waals surface area contributed by atoms with Gasteiger partial charge in [0, 0.05) is 32.2 Å². The highest BCUT2D eigenvalue weighted by Crippen LogP contribution is 2.18. The van der Waals surface area contributed by atoms with Crippen molar-refractivity contribution in [2.45, 2.75) is 20.4 Å². The molecule has 1 aliphatic rings. The average Bonchev–Trinajstić information content (AvgIpc) is 2.96. The molecule has 130 valence electrons. The Hall–Kier alpha value is -1.02. The quantitative estimate of drug-likeness (QED) is 0.641. The van der Waals surface area contributed by atoms with E-state index in [-0.39, 0.29) is 24.0 Å². The van der Waals surface area contributed by atoms with Crippen molar-refractivity contribution < 1.29 is 4.74 Å². The fourth-order valence-electron chi connectivity index (χ4n) is 2.51. The molecule has 0 atom stereocenters. The molecule has 0 radical (unpaired) electrons. The van der Waals surface area contributed by atoms with Crippen LogP contribution in [0.3, 0.4) is 0 Å². The number of hydrogen-bond acceptors (Lipinski definition) is 5. The molecule has 0 unspecified atom stereocenters. The number of likely N-dealkylation sites (N-methyl/N-ethyl adjacent to an activating group) is 2. The number of para-hydroxylation sites is 1. The van der Waals surface area contributed by atoms with E-state index in [2.05, 4.69) is 53.1 Å². The number of nitrogens with one attached hydrogen (secondary N) is 1. The summed E-state index contributed by atoms with van der Waals surface area (Å²) >= 11 is 0. The molecule has 1 aliphatic heterocycles. The van der Waals surface area contributed by atoms with Gasteiger partial charge < -0.3 is 19.9 Å². The number of halogens is 1. The van der Waals surface area contributed by atoms with Crippen molar-refractivity contribution in [3.63, 3.8) is 0 Å². The van der Waals surface area contributed by atoms with Gasteiger partial charge in [0.15, 0.2) is 5.96 Å². The van der Waals surface area contributed by atoms with Crippen LogP contribution in [0.25, 0.3) is 0 Å². The molecule has 1 aromatic rings. The SMILES string of the molecule is CCN(CC)CCOc1ccccc1CNC1=NCCN1C.I. The summed E-state index contributed by atoms with van der Waals surface area (Å²) in [5.74, 6) is 1.93. The number of ether oxygens (including phenoxy) is 1. The van der Waals surface area contributed by atoms with Crippen molar-refractivity contribution in [3.05, 3.63) is 29.8 Å². The number of aliphatic imine (C=N–C) groups is 1. The first-order valence-electron chi connectivity index (χ1n) is 8.17. The molecule has 23 heavy (non-hydrogen) atoms. The van der Waals surface area contributed by atoms with E-state index < -0.39 is 0 Å². The number of rotatable bonds is 8. The van der Waals surface area contributed by atoms with Crippen LogP contribution in [0.1, 0.15) is 19.4 Å². The van der Waals surface area contributed by atoms with Crippen molar-refractivity contribution in [3.8, 4) is 5.75 Å². The molecule has 0 aromatic heterocycles. The van der Waals surface area contributed by atoms with Crippen molar-refractivity contribution in [2.75, 3.05) is 46.4 Å². The second-order valence-electron chi connectivity index (χ2n) is 5.46. The van der Waals surface area contributed by atoms with Gasteiger partial charge in [0.1, 0.15) is 12.4 Å². The van der Waals surface area contributed by atoms with E-state index in [1.54, 1.807) is 0 Å². The Morgan fingerprint density at radius 2 is 2.00 bits per heavy atom. The molecule has 5 nitrogen and oxygen atoms in total. The summed E-state index contributed by atoms with van der Waals surface area (Å²) in [6, 6.07) is 8.22. The van der Waals surface area contributed by atoms with Crippen molar-refractivity contribution in [1.29, 1.82) is 0 Å². The lowest BCUT2D eigenvalue weighted by Gasteiger charge is -2.19. The summed E-state index contributed by atoms with van der Waals surface area (Å²) in [5, 5.41) is 3.40. The van der Waals surface area contributed by atoms with Gasteiger partial charge in [0.25, 0.3) is 0 Å². The van der Waals surface area contributed by atoms with Gasteiger partial charge in [-0.2, -0.15) is 0 Å². The predicted molar refractivity (Wildman–Crippen MR) is 107 cm³/mol. The largest absolute Gasteiger partial charge is 0.492 e. The topological polar surface area (TPSA) is 40.1 Å². The Kier molecular flexibility index (Phi) is 9.31. The molecule has 2 rings (SSSR count). The monoisotopic (exact) mass is 432 g/mol. The van der Waals surface area contributed by atoms with Gasteiger partial charge in [-0.3, -0.25) is 4.99 Å². The molecule has 0 fully saturated rings. The molecule has 0 saturated heterocycles. The Bertz CT molecular complexity index is 491. The van der Waals surface area contributed by atoms with Crippen LogP contribution in [0.5, 0.6) is 5.75 Å². The lowest BCUT2D eigenvalue weighted by molar-refractivity contribution is 0.221. The van der Waals surface area contributed by atoms with Crippen LogP contribution in [0.15, 0.2) is 29.3 Å². The third kappa shape index (κ3) is 6.18. The lowest BCUT2D eigenvalue weighted by Crippen LogP contribution is -2.35. The highest BCUT2D eigenvalue weighted by molar-refractivity contribution is 14.0. The van der Waals surface area contributed by atoms with Gasteiger partial charge >= 0.3 is 0 Å². The van der Waals surface area contributed by atoms with Gasteiger partial charge in [-0.15, -0.1) is 24.0 Å². The van der Waals surface area contributed by atoms with Crippen LogP contribution in [-0.2, 0) is 6.54 Å². The maximum Gasteiger partial charge on any atom is 0.194 e. The molecule has 1 aromatic carbocycles. The molecule has 0 aliphatic carbocycles. The predicted octanol–water partition coefficient (Wildman–Crippen LogP) is 2.42. The Labute approximate surface area is 157 Å². The van der Waals surface area contributed by atoms with Gasteiger partial charge in [-0.1, -0.05) is 32.0 Å². The lowest BCUT2D eigenvalue weighted by atomic mass is 10.2. The number of nitrogens with zero attached hydrogens (tertiary/aromatic N) is 3. The van der Waals surface area contributed by atoms with E-state index in [1.165, 1.54) is 5.56 Å². The molecule has 1 N–H and O–H groups in total. The van der Waals surface area contributed by atoms with Crippen LogP contribution >= 0.6 is 24.0 Å². The fourth-order valence-corrected chi connectivity index (χ4v) is 2.51. The third-order valence-electron chi connectivity index (χ3n) is 4.03. The fraction of sp³-hybridized carbons (Fsp3) is 0.588. The van der Waals surface area contributed by atoms with E-state index in [9.17, 15) is 0 Å². The third-order valence-corrected chi connectivity index (χ3v) is 4.03. The molecule has 0 amide bonds.